The lowest BCUT2D eigenvalue weighted by atomic mass is 9.88. The molecule has 1 fully saturated rings. The molecule has 4 heteroatoms. The molecule has 1 saturated carbocycles. The van der Waals surface area contributed by atoms with Gasteiger partial charge in [0.2, 0.25) is 0 Å². The third-order valence-corrected chi connectivity index (χ3v) is 4.49. The minimum absolute atomic E-state index is 0.173. The first-order valence-electron chi connectivity index (χ1n) is 7.58. The van der Waals surface area contributed by atoms with Crippen LogP contribution in [-0.4, -0.2) is 6.03 Å². The van der Waals surface area contributed by atoms with Gasteiger partial charge in [0.05, 0.1) is 5.54 Å². The highest BCUT2D eigenvalue weighted by molar-refractivity contribution is 6.30. The lowest BCUT2D eigenvalue weighted by Gasteiger charge is -2.31. The first-order chi connectivity index (χ1) is 10.7. The third-order valence-electron chi connectivity index (χ3n) is 4.24. The van der Waals surface area contributed by atoms with Crippen molar-refractivity contribution < 1.29 is 4.79 Å². The van der Waals surface area contributed by atoms with Crippen LogP contribution in [0.25, 0.3) is 0 Å². The summed E-state index contributed by atoms with van der Waals surface area (Å²) in [6.45, 7) is 0. The van der Waals surface area contributed by atoms with Crippen LogP contribution in [-0.2, 0) is 5.54 Å². The molecule has 0 aromatic heterocycles. The molecule has 0 saturated heterocycles. The number of benzene rings is 2. The first kappa shape index (κ1) is 14.9. The van der Waals surface area contributed by atoms with Crippen LogP contribution in [0.15, 0.2) is 54.6 Å². The van der Waals surface area contributed by atoms with Crippen LogP contribution in [0.2, 0.25) is 5.02 Å². The molecule has 2 aromatic rings. The van der Waals surface area contributed by atoms with Crippen molar-refractivity contribution in [3.8, 4) is 0 Å². The van der Waals surface area contributed by atoms with Gasteiger partial charge in [0, 0.05) is 10.7 Å². The monoisotopic (exact) mass is 314 g/mol. The third kappa shape index (κ3) is 3.25. The fourth-order valence-corrected chi connectivity index (χ4v) is 3.26. The van der Waals surface area contributed by atoms with Gasteiger partial charge in [-0.2, -0.15) is 0 Å². The molecule has 3 nitrogen and oxygen atoms in total. The average Bonchev–Trinajstić information content (AvgIpc) is 3.00. The molecule has 2 N–H and O–H groups in total. The summed E-state index contributed by atoms with van der Waals surface area (Å²) in [4.78, 5) is 12.4. The van der Waals surface area contributed by atoms with Crippen LogP contribution in [0.4, 0.5) is 10.5 Å². The summed E-state index contributed by atoms with van der Waals surface area (Å²) in [5.41, 5.74) is 1.67. The maximum atomic E-state index is 12.4. The van der Waals surface area contributed by atoms with Crippen LogP contribution in [0.1, 0.15) is 31.2 Å². The van der Waals surface area contributed by atoms with Crippen LogP contribution < -0.4 is 10.6 Å². The molecule has 0 aliphatic heterocycles. The van der Waals surface area contributed by atoms with Gasteiger partial charge < -0.3 is 10.6 Å². The normalized spacial score (nSPS) is 16.2. The van der Waals surface area contributed by atoms with Crippen molar-refractivity contribution in [3.63, 3.8) is 0 Å². The number of rotatable bonds is 3. The molecule has 1 aliphatic rings. The van der Waals surface area contributed by atoms with Crippen molar-refractivity contribution in [2.45, 2.75) is 31.2 Å². The predicted molar refractivity (Wildman–Crippen MR) is 90.2 cm³/mol. The second kappa shape index (κ2) is 6.41. The average molecular weight is 315 g/mol. The van der Waals surface area contributed by atoms with E-state index in [1.807, 2.05) is 18.2 Å². The van der Waals surface area contributed by atoms with E-state index in [-0.39, 0.29) is 11.6 Å². The van der Waals surface area contributed by atoms with E-state index in [1.54, 1.807) is 24.3 Å². The second-order valence-corrected chi connectivity index (χ2v) is 6.18. The summed E-state index contributed by atoms with van der Waals surface area (Å²) in [6, 6.07) is 17.2. The SMILES string of the molecule is O=C(Nc1ccc(Cl)cc1)NC1(c2ccccc2)CCCC1. The zero-order chi connectivity index (χ0) is 15.4. The minimum atomic E-state index is -0.252. The van der Waals surface area contributed by atoms with E-state index in [9.17, 15) is 4.79 Å². The van der Waals surface area contributed by atoms with Crippen LogP contribution in [0.5, 0.6) is 0 Å². The van der Waals surface area contributed by atoms with Crippen molar-refractivity contribution in [2.75, 3.05) is 5.32 Å². The Balaban J connectivity index is 1.74. The Bertz CT molecular complexity index is 634. The topological polar surface area (TPSA) is 41.1 Å². The van der Waals surface area contributed by atoms with Gasteiger partial charge in [-0.25, -0.2) is 4.79 Å². The molecule has 0 heterocycles. The molecule has 0 atom stereocenters. The molecule has 0 radical (unpaired) electrons. The highest BCUT2D eigenvalue weighted by Crippen LogP contribution is 2.38. The van der Waals surface area contributed by atoms with Crippen molar-refractivity contribution in [1.82, 2.24) is 5.32 Å². The largest absolute Gasteiger partial charge is 0.328 e. The van der Waals surface area contributed by atoms with E-state index in [0.717, 1.165) is 31.4 Å². The molecule has 0 bridgehead atoms. The van der Waals surface area contributed by atoms with Gasteiger partial charge in [0.15, 0.2) is 0 Å². The van der Waals surface area contributed by atoms with Crippen LogP contribution in [0, 0.1) is 0 Å². The summed E-state index contributed by atoms with van der Waals surface area (Å²) >= 11 is 5.86. The second-order valence-electron chi connectivity index (χ2n) is 5.74. The number of hydrogen-bond donors (Lipinski definition) is 2. The Kier molecular flexibility index (Phi) is 4.34. The summed E-state index contributed by atoms with van der Waals surface area (Å²) in [5.74, 6) is 0. The molecule has 2 amide bonds. The smallest absolute Gasteiger partial charge is 0.319 e. The number of hydrogen-bond acceptors (Lipinski definition) is 1. The van der Waals surface area contributed by atoms with Gasteiger partial charge in [-0.1, -0.05) is 54.8 Å². The quantitative estimate of drug-likeness (QED) is 0.828. The fourth-order valence-electron chi connectivity index (χ4n) is 3.13. The first-order valence-corrected chi connectivity index (χ1v) is 7.96. The van der Waals surface area contributed by atoms with Crippen LogP contribution in [0.3, 0.4) is 0 Å². The zero-order valence-corrected chi connectivity index (χ0v) is 13.1. The van der Waals surface area contributed by atoms with E-state index in [0.29, 0.717) is 5.02 Å². The molecule has 2 aromatic carbocycles. The zero-order valence-electron chi connectivity index (χ0n) is 12.3. The maximum absolute atomic E-state index is 12.4. The number of amides is 2. The molecule has 114 valence electrons. The maximum Gasteiger partial charge on any atom is 0.319 e. The summed E-state index contributed by atoms with van der Waals surface area (Å²) in [5, 5.41) is 6.73. The van der Waals surface area contributed by atoms with E-state index in [1.165, 1.54) is 5.56 Å². The number of nitrogens with one attached hydrogen (secondary N) is 2. The predicted octanol–water partition coefficient (Wildman–Crippen LogP) is 4.93. The van der Waals surface area contributed by atoms with Crippen LogP contribution >= 0.6 is 11.6 Å². The van der Waals surface area contributed by atoms with Crippen molar-refractivity contribution in [1.29, 1.82) is 0 Å². The summed E-state index contributed by atoms with van der Waals surface area (Å²) < 4.78 is 0. The Morgan fingerprint density at radius 3 is 2.23 bits per heavy atom. The Hall–Kier alpha value is -2.00. The van der Waals surface area contributed by atoms with Crippen molar-refractivity contribution >= 4 is 23.3 Å². The van der Waals surface area contributed by atoms with E-state index < -0.39 is 0 Å². The Morgan fingerprint density at radius 1 is 0.955 bits per heavy atom. The van der Waals surface area contributed by atoms with Gasteiger partial charge in [0.25, 0.3) is 0 Å². The fraction of sp³-hybridized carbons (Fsp3) is 0.278. The van der Waals surface area contributed by atoms with Gasteiger partial charge in [0.1, 0.15) is 0 Å². The summed E-state index contributed by atoms with van der Waals surface area (Å²) in [6.07, 6.45) is 4.22. The molecular weight excluding hydrogens is 296 g/mol. The van der Waals surface area contributed by atoms with Crippen molar-refractivity contribution in [2.24, 2.45) is 0 Å². The van der Waals surface area contributed by atoms with Gasteiger partial charge in [-0.3, -0.25) is 0 Å². The standard InChI is InChI=1S/C18H19ClN2O/c19-15-8-10-16(11-9-15)20-17(22)21-18(12-4-5-13-18)14-6-2-1-3-7-14/h1-3,6-11H,4-5,12-13H2,(H2,20,21,22). The molecule has 1 aliphatic carbocycles. The number of carbonyl (C=O) groups excluding carboxylic acids is 1. The molecule has 22 heavy (non-hydrogen) atoms. The number of urea groups is 1. The summed E-state index contributed by atoms with van der Waals surface area (Å²) in [7, 11) is 0. The lowest BCUT2D eigenvalue weighted by Crippen LogP contribution is -2.45. The lowest BCUT2D eigenvalue weighted by molar-refractivity contribution is 0.236. The molecule has 0 spiro atoms. The van der Waals surface area contributed by atoms with Gasteiger partial charge in [-0.15, -0.1) is 0 Å². The molecule has 3 rings (SSSR count). The number of halogens is 1. The van der Waals surface area contributed by atoms with E-state index in [4.69, 9.17) is 11.6 Å². The molecule has 0 unspecified atom stereocenters. The van der Waals surface area contributed by atoms with Gasteiger partial charge in [-0.05, 0) is 42.7 Å². The van der Waals surface area contributed by atoms with E-state index in [2.05, 4.69) is 22.8 Å². The number of carbonyl (C=O) groups is 1. The Labute approximate surface area is 135 Å². The van der Waals surface area contributed by atoms with Crippen molar-refractivity contribution in [3.05, 3.63) is 65.2 Å². The highest BCUT2D eigenvalue weighted by atomic mass is 35.5. The molecular formula is C18H19ClN2O. The van der Waals surface area contributed by atoms with E-state index >= 15 is 0 Å². The highest BCUT2D eigenvalue weighted by Gasteiger charge is 2.36. The number of anilines is 1. The minimum Gasteiger partial charge on any atom is -0.328 e. The van der Waals surface area contributed by atoms with Gasteiger partial charge >= 0.3 is 6.03 Å². The Morgan fingerprint density at radius 2 is 1.59 bits per heavy atom.